The maximum atomic E-state index is 13.6. The molecule has 0 heterocycles. The number of methoxy groups -OCH3 is 2. The largest absolute Gasteiger partial charge is 0.497 e. The van der Waals surface area contributed by atoms with Crippen LogP contribution in [0.5, 0.6) is 11.5 Å². The van der Waals surface area contributed by atoms with Crippen LogP contribution in [0.4, 0.5) is 15.8 Å². The fourth-order valence-corrected chi connectivity index (χ4v) is 2.06. The Labute approximate surface area is 138 Å². The monoisotopic (exact) mass is 338 g/mol. The Balaban J connectivity index is 1.99. The number of nitrogens with one attached hydrogen (secondary N) is 2. The highest BCUT2D eigenvalue weighted by molar-refractivity contribution is 6.30. The second-order valence-electron chi connectivity index (χ2n) is 4.59. The van der Waals surface area contributed by atoms with Crippen molar-refractivity contribution in [2.24, 2.45) is 0 Å². The van der Waals surface area contributed by atoms with Gasteiger partial charge in [-0.3, -0.25) is 4.79 Å². The van der Waals surface area contributed by atoms with E-state index in [1.807, 2.05) is 0 Å². The van der Waals surface area contributed by atoms with Gasteiger partial charge in [0.05, 0.1) is 32.1 Å². The average molecular weight is 339 g/mol. The third-order valence-electron chi connectivity index (χ3n) is 3.05. The van der Waals surface area contributed by atoms with Crippen molar-refractivity contribution < 1.29 is 18.7 Å². The van der Waals surface area contributed by atoms with Gasteiger partial charge < -0.3 is 20.1 Å². The van der Waals surface area contributed by atoms with Crippen molar-refractivity contribution in [1.82, 2.24) is 0 Å². The Morgan fingerprint density at radius 3 is 2.52 bits per heavy atom. The molecule has 2 aromatic rings. The summed E-state index contributed by atoms with van der Waals surface area (Å²) in [6.45, 7) is -0.103. The van der Waals surface area contributed by atoms with Gasteiger partial charge in [-0.1, -0.05) is 11.6 Å². The number of hydrogen-bond donors (Lipinski definition) is 2. The standard InChI is InChI=1S/C16H16ClFN2O3/c1-22-11-4-6-14(15(8-11)23-2)20-16(21)9-19-13-5-3-10(17)7-12(13)18/h3-8,19H,9H2,1-2H3,(H,20,21). The minimum absolute atomic E-state index is 0.103. The van der Waals surface area contributed by atoms with Gasteiger partial charge in [0, 0.05) is 11.1 Å². The summed E-state index contributed by atoms with van der Waals surface area (Å²) in [5.41, 5.74) is 0.697. The molecule has 0 spiro atoms. The Morgan fingerprint density at radius 1 is 1.13 bits per heavy atom. The molecule has 0 aliphatic rings. The van der Waals surface area contributed by atoms with Crippen LogP contribution in [0.15, 0.2) is 36.4 Å². The lowest BCUT2D eigenvalue weighted by molar-refractivity contribution is -0.114. The van der Waals surface area contributed by atoms with Crippen molar-refractivity contribution >= 4 is 28.9 Å². The molecular weight excluding hydrogens is 323 g/mol. The lowest BCUT2D eigenvalue weighted by Gasteiger charge is -2.12. The zero-order valence-corrected chi connectivity index (χ0v) is 13.4. The molecule has 1 amide bonds. The number of anilines is 2. The molecule has 0 fully saturated rings. The third kappa shape index (κ3) is 4.50. The minimum atomic E-state index is -0.521. The molecule has 0 atom stereocenters. The normalized spacial score (nSPS) is 10.1. The van der Waals surface area contributed by atoms with Crippen LogP contribution < -0.4 is 20.1 Å². The molecule has 0 aliphatic heterocycles. The first-order chi connectivity index (χ1) is 11.0. The fourth-order valence-electron chi connectivity index (χ4n) is 1.90. The molecule has 0 aromatic heterocycles. The van der Waals surface area contributed by atoms with Gasteiger partial charge >= 0.3 is 0 Å². The smallest absolute Gasteiger partial charge is 0.243 e. The van der Waals surface area contributed by atoms with Crippen LogP contribution in [0.25, 0.3) is 0 Å². The molecular formula is C16H16ClFN2O3. The Kier molecular flexibility index (Phi) is 5.65. The van der Waals surface area contributed by atoms with E-state index in [2.05, 4.69) is 10.6 Å². The van der Waals surface area contributed by atoms with Gasteiger partial charge in [0.15, 0.2) is 0 Å². The van der Waals surface area contributed by atoms with E-state index in [1.165, 1.54) is 32.4 Å². The predicted octanol–water partition coefficient (Wildman–Crippen LogP) is 3.55. The average Bonchev–Trinajstić information content (AvgIpc) is 2.54. The molecule has 2 N–H and O–H groups in total. The van der Waals surface area contributed by atoms with E-state index in [4.69, 9.17) is 21.1 Å². The molecule has 2 rings (SSSR count). The van der Waals surface area contributed by atoms with Crippen LogP contribution in [0.1, 0.15) is 0 Å². The van der Waals surface area contributed by atoms with Gasteiger partial charge in [-0.05, 0) is 30.3 Å². The van der Waals surface area contributed by atoms with Crippen LogP contribution in [0.3, 0.4) is 0 Å². The number of benzene rings is 2. The summed E-state index contributed by atoms with van der Waals surface area (Å²) in [4.78, 5) is 12.0. The maximum absolute atomic E-state index is 13.6. The quantitative estimate of drug-likeness (QED) is 0.845. The molecule has 5 nitrogen and oxygen atoms in total. The van der Waals surface area contributed by atoms with Crippen LogP contribution in [0, 0.1) is 5.82 Å². The first-order valence-electron chi connectivity index (χ1n) is 6.74. The van der Waals surface area contributed by atoms with Crippen molar-refractivity contribution in [2.45, 2.75) is 0 Å². The topological polar surface area (TPSA) is 59.6 Å². The Morgan fingerprint density at radius 2 is 1.87 bits per heavy atom. The molecule has 122 valence electrons. The van der Waals surface area contributed by atoms with Crippen molar-refractivity contribution in [1.29, 1.82) is 0 Å². The first kappa shape index (κ1) is 16.9. The van der Waals surface area contributed by atoms with Crippen LogP contribution in [-0.4, -0.2) is 26.7 Å². The summed E-state index contributed by atoms with van der Waals surface area (Å²) in [6, 6.07) is 9.20. The predicted molar refractivity (Wildman–Crippen MR) is 88.1 cm³/mol. The zero-order chi connectivity index (χ0) is 16.8. The number of halogens is 2. The Hall–Kier alpha value is -2.47. The summed E-state index contributed by atoms with van der Waals surface area (Å²) in [6.07, 6.45) is 0. The van der Waals surface area contributed by atoms with E-state index < -0.39 is 5.82 Å². The third-order valence-corrected chi connectivity index (χ3v) is 3.29. The molecule has 0 bridgehead atoms. The summed E-state index contributed by atoms with van der Waals surface area (Å²) in [7, 11) is 3.03. The second-order valence-corrected chi connectivity index (χ2v) is 5.03. The van der Waals surface area contributed by atoms with E-state index in [1.54, 1.807) is 18.2 Å². The van der Waals surface area contributed by atoms with Gasteiger partial charge in [0.2, 0.25) is 5.91 Å². The van der Waals surface area contributed by atoms with Crippen LogP contribution in [-0.2, 0) is 4.79 Å². The van der Waals surface area contributed by atoms with Gasteiger partial charge in [0.25, 0.3) is 0 Å². The minimum Gasteiger partial charge on any atom is -0.497 e. The van der Waals surface area contributed by atoms with Gasteiger partial charge in [-0.2, -0.15) is 0 Å². The number of amides is 1. The lowest BCUT2D eigenvalue weighted by Crippen LogP contribution is -2.22. The van der Waals surface area contributed by atoms with E-state index in [0.29, 0.717) is 22.2 Å². The molecule has 0 saturated heterocycles. The number of ether oxygens (including phenoxy) is 2. The van der Waals surface area contributed by atoms with Gasteiger partial charge in [-0.15, -0.1) is 0 Å². The van der Waals surface area contributed by atoms with E-state index >= 15 is 0 Å². The van der Waals surface area contributed by atoms with Crippen molar-refractivity contribution in [2.75, 3.05) is 31.4 Å². The first-order valence-corrected chi connectivity index (χ1v) is 7.12. The molecule has 0 unspecified atom stereocenters. The van der Waals surface area contributed by atoms with Gasteiger partial charge in [-0.25, -0.2) is 4.39 Å². The summed E-state index contributed by atoms with van der Waals surface area (Å²) in [5, 5.41) is 5.68. The number of rotatable bonds is 6. The Bertz CT molecular complexity index is 710. The van der Waals surface area contributed by atoms with Crippen molar-refractivity contribution in [3.63, 3.8) is 0 Å². The molecule has 7 heteroatoms. The molecule has 23 heavy (non-hydrogen) atoms. The van der Waals surface area contributed by atoms with Crippen LogP contribution >= 0.6 is 11.6 Å². The zero-order valence-electron chi connectivity index (χ0n) is 12.7. The van der Waals surface area contributed by atoms with E-state index in [0.717, 1.165) is 0 Å². The lowest BCUT2D eigenvalue weighted by atomic mass is 10.2. The van der Waals surface area contributed by atoms with E-state index in [9.17, 15) is 9.18 Å². The van der Waals surface area contributed by atoms with Crippen molar-refractivity contribution in [3.05, 3.63) is 47.2 Å². The van der Waals surface area contributed by atoms with Gasteiger partial charge in [0.1, 0.15) is 17.3 Å². The molecule has 2 aromatic carbocycles. The number of hydrogen-bond acceptors (Lipinski definition) is 4. The van der Waals surface area contributed by atoms with Crippen LogP contribution in [0.2, 0.25) is 5.02 Å². The summed E-state index contributed by atoms with van der Waals surface area (Å²) >= 11 is 5.67. The molecule has 0 radical (unpaired) electrons. The second kappa shape index (κ2) is 7.69. The highest BCUT2D eigenvalue weighted by Crippen LogP contribution is 2.29. The molecule has 0 saturated carbocycles. The number of carbonyl (C=O) groups excluding carboxylic acids is 1. The molecule has 0 aliphatic carbocycles. The SMILES string of the molecule is COc1ccc(NC(=O)CNc2ccc(Cl)cc2F)c(OC)c1. The highest BCUT2D eigenvalue weighted by atomic mass is 35.5. The number of carbonyl (C=O) groups is 1. The fraction of sp³-hybridized carbons (Fsp3) is 0.188. The summed E-state index contributed by atoms with van der Waals surface area (Å²) < 4.78 is 23.9. The van der Waals surface area contributed by atoms with Crippen molar-refractivity contribution in [3.8, 4) is 11.5 Å². The highest BCUT2D eigenvalue weighted by Gasteiger charge is 2.10. The maximum Gasteiger partial charge on any atom is 0.243 e. The van der Waals surface area contributed by atoms with E-state index in [-0.39, 0.29) is 18.1 Å². The summed E-state index contributed by atoms with van der Waals surface area (Å²) in [5.74, 6) is 0.215.